The molecule has 0 aromatic carbocycles. The van der Waals surface area contributed by atoms with Gasteiger partial charge in [-0.3, -0.25) is 4.90 Å². The fourth-order valence-corrected chi connectivity index (χ4v) is 2.06. The van der Waals surface area contributed by atoms with Crippen molar-refractivity contribution in [1.82, 2.24) is 14.8 Å². The number of hydrogen-bond donors (Lipinski definition) is 1. The van der Waals surface area contributed by atoms with Gasteiger partial charge >= 0.3 is 0 Å². The summed E-state index contributed by atoms with van der Waals surface area (Å²) in [5.41, 5.74) is 1.30. The molecule has 0 amide bonds. The van der Waals surface area contributed by atoms with Gasteiger partial charge in [-0.25, -0.2) is 4.98 Å². The van der Waals surface area contributed by atoms with E-state index in [9.17, 15) is 0 Å². The monoisotopic (exact) mass is 245 g/mol. The zero-order chi connectivity index (χ0) is 12.8. The average Bonchev–Trinajstić information content (AvgIpc) is 2.41. The first-order valence-corrected chi connectivity index (χ1v) is 6.29. The first kappa shape index (κ1) is 12.8. The molecule has 2 rings (SSSR count). The van der Waals surface area contributed by atoms with Crippen molar-refractivity contribution < 1.29 is 0 Å². The van der Waals surface area contributed by atoms with Gasteiger partial charge in [-0.2, -0.15) is 5.26 Å². The lowest BCUT2D eigenvalue weighted by Crippen LogP contribution is -2.45. The molecular weight excluding hydrogens is 226 g/mol. The lowest BCUT2D eigenvalue weighted by molar-refractivity contribution is 0.158. The van der Waals surface area contributed by atoms with Gasteiger partial charge in [-0.05, 0) is 19.2 Å². The largest absolute Gasteiger partial charge is 0.381 e. The highest BCUT2D eigenvalue weighted by Gasteiger charge is 2.12. The smallest absolute Gasteiger partial charge is 0.163 e. The SMILES string of the molecule is CN1CCN(CCNc2cccnc2C#N)CC1. The summed E-state index contributed by atoms with van der Waals surface area (Å²) in [6, 6.07) is 5.84. The molecule has 5 heteroatoms. The first-order valence-electron chi connectivity index (χ1n) is 6.29. The molecule has 1 aliphatic heterocycles. The van der Waals surface area contributed by atoms with Crippen LogP contribution in [-0.2, 0) is 0 Å². The van der Waals surface area contributed by atoms with Crippen molar-refractivity contribution in [3.63, 3.8) is 0 Å². The molecule has 96 valence electrons. The van der Waals surface area contributed by atoms with Crippen LogP contribution in [0.15, 0.2) is 18.3 Å². The number of pyridine rings is 1. The zero-order valence-electron chi connectivity index (χ0n) is 10.8. The van der Waals surface area contributed by atoms with Crippen LogP contribution in [0.25, 0.3) is 0 Å². The van der Waals surface area contributed by atoms with Crippen LogP contribution in [0.1, 0.15) is 5.69 Å². The maximum absolute atomic E-state index is 8.93. The standard InChI is InChI=1S/C13H19N5/c1-17-7-9-18(10-8-17)6-5-16-12-3-2-4-15-13(12)11-14/h2-4,16H,5-10H2,1H3. The molecule has 0 saturated carbocycles. The van der Waals surface area contributed by atoms with Crippen LogP contribution in [0.2, 0.25) is 0 Å². The number of nitriles is 1. The third-order valence-corrected chi connectivity index (χ3v) is 3.25. The molecule has 0 atom stereocenters. The Hall–Kier alpha value is -1.64. The van der Waals surface area contributed by atoms with Crippen molar-refractivity contribution in [2.45, 2.75) is 0 Å². The number of rotatable bonds is 4. The molecule has 2 heterocycles. The Kier molecular flexibility index (Phi) is 4.51. The van der Waals surface area contributed by atoms with Crippen LogP contribution < -0.4 is 5.32 Å². The van der Waals surface area contributed by atoms with E-state index in [1.165, 1.54) is 0 Å². The summed E-state index contributed by atoms with van der Waals surface area (Å²) < 4.78 is 0. The second-order valence-electron chi connectivity index (χ2n) is 4.58. The number of piperazine rings is 1. The summed E-state index contributed by atoms with van der Waals surface area (Å²) in [5.74, 6) is 0. The number of nitrogens with zero attached hydrogens (tertiary/aromatic N) is 4. The van der Waals surface area contributed by atoms with Gasteiger partial charge in [0.1, 0.15) is 6.07 Å². The van der Waals surface area contributed by atoms with Crippen LogP contribution in [0.5, 0.6) is 0 Å². The van der Waals surface area contributed by atoms with Crippen molar-refractivity contribution >= 4 is 5.69 Å². The van der Waals surface area contributed by atoms with E-state index in [-0.39, 0.29) is 0 Å². The van der Waals surface area contributed by atoms with Gasteiger partial charge in [0, 0.05) is 45.5 Å². The van der Waals surface area contributed by atoms with Crippen molar-refractivity contribution in [2.75, 3.05) is 51.6 Å². The van der Waals surface area contributed by atoms with Gasteiger partial charge in [0.15, 0.2) is 5.69 Å². The number of likely N-dealkylation sites (N-methyl/N-ethyl adjacent to an activating group) is 1. The predicted molar refractivity (Wildman–Crippen MR) is 71.4 cm³/mol. The molecule has 0 radical (unpaired) electrons. The van der Waals surface area contributed by atoms with E-state index in [4.69, 9.17) is 5.26 Å². The predicted octanol–water partition coefficient (Wildman–Crippen LogP) is 0.613. The van der Waals surface area contributed by atoms with Crippen LogP contribution in [0.3, 0.4) is 0 Å². The summed E-state index contributed by atoms with van der Waals surface area (Å²) in [4.78, 5) is 8.81. The number of nitrogens with one attached hydrogen (secondary N) is 1. The highest BCUT2D eigenvalue weighted by molar-refractivity contribution is 5.53. The summed E-state index contributed by atoms with van der Waals surface area (Å²) >= 11 is 0. The third-order valence-electron chi connectivity index (χ3n) is 3.25. The number of anilines is 1. The molecule has 5 nitrogen and oxygen atoms in total. The first-order chi connectivity index (χ1) is 8.79. The van der Waals surface area contributed by atoms with Crippen molar-refractivity contribution in [2.24, 2.45) is 0 Å². The molecule has 0 aliphatic carbocycles. The van der Waals surface area contributed by atoms with Gasteiger partial charge < -0.3 is 10.2 Å². The molecule has 0 spiro atoms. The Labute approximate surface area is 108 Å². The third kappa shape index (κ3) is 3.42. The van der Waals surface area contributed by atoms with E-state index in [0.29, 0.717) is 5.69 Å². The topological polar surface area (TPSA) is 55.2 Å². The molecule has 0 unspecified atom stereocenters. The molecular formula is C13H19N5. The number of aromatic nitrogens is 1. The Morgan fingerprint density at radius 1 is 1.39 bits per heavy atom. The van der Waals surface area contributed by atoms with E-state index < -0.39 is 0 Å². The molecule has 0 bridgehead atoms. The van der Waals surface area contributed by atoms with Gasteiger partial charge in [-0.15, -0.1) is 0 Å². The maximum atomic E-state index is 8.93. The second-order valence-corrected chi connectivity index (χ2v) is 4.58. The minimum absolute atomic E-state index is 0.468. The lowest BCUT2D eigenvalue weighted by atomic mass is 10.3. The Balaban J connectivity index is 1.77. The molecule has 1 saturated heterocycles. The highest BCUT2D eigenvalue weighted by atomic mass is 15.2. The quantitative estimate of drug-likeness (QED) is 0.842. The minimum Gasteiger partial charge on any atom is -0.381 e. The fraction of sp³-hybridized carbons (Fsp3) is 0.538. The second kappa shape index (κ2) is 6.34. The van der Waals surface area contributed by atoms with E-state index in [1.807, 2.05) is 12.1 Å². The van der Waals surface area contributed by atoms with E-state index in [2.05, 4.69) is 33.2 Å². The summed E-state index contributed by atoms with van der Waals surface area (Å²) in [5, 5.41) is 12.2. The van der Waals surface area contributed by atoms with Gasteiger partial charge in [0.25, 0.3) is 0 Å². The van der Waals surface area contributed by atoms with Crippen molar-refractivity contribution in [3.8, 4) is 6.07 Å². The number of hydrogen-bond acceptors (Lipinski definition) is 5. The van der Waals surface area contributed by atoms with Crippen LogP contribution >= 0.6 is 0 Å². The summed E-state index contributed by atoms with van der Waals surface area (Å²) in [7, 11) is 2.16. The van der Waals surface area contributed by atoms with Crippen LogP contribution in [-0.4, -0.2) is 61.1 Å². The fourth-order valence-electron chi connectivity index (χ4n) is 2.06. The molecule has 1 fully saturated rings. The molecule has 1 aliphatic rings. The summed E-state index contributed by atoms with van der Waals surface area (Å²) in [6.07, 6.45) is 1.64. The normalized spacial score (nSPS) is 17.3. The molecule has 18 heavy (non-hydrogen) atoms. The summed E-state index contributed by atoms with van der Waals surface area (Å²) in [6.45, 7) is 6.37. The lowest BCUT2D eigenvalue weighted by Gasteiger charge is -2.32. The van der Waals surface area contributed by atoms with Gasteiger partial charge in [0.2, 0.25) is 0 Å². The van der Waals surface area contributed by atoms with Crippen molar-refractivity contribution in [3.05, 3.63) is 24.0 Å². The maximum Gasteiger partial charge on any atom is 0.163 e. The highest BCUT2D eigenvalue weighted by Crippen LogP contribution is 2.10. The molecule has 1 aromatic heterocycles. The van der Waals surface area contributed by atoms with Gasteiger partial charge in [0.05, 0.1) is 5.69 Å². The van der Waals surface area contributed by atoms with Crippen molar-refractivity contribution in [1.29, 1.82) is 5.26 Å². The Morgan fingerprint density at radius 2 is 2.17 bits per heavy atom. The Morgan fingerprint density at radius 3 is 2.89 bits per heavy atom. The van der Waals surface area contributed by atoms with Gasteiger partial charge in [-0.1, -0.05) is 0 Å². The molecule has 1 aromatic rings. The minimum atomic E-state index is 0.468. The van der Waals surface area contributed by atoms with E-state index in [1.54, 1.807) is 6.20 Å². The zero-order valence-corrected chi connectivity index (χ0v) is 10.8. The molecule has 1 N–H and O–H groups in total. The van der Waals surface area contributed by atoms with Crippen LogP contribution in [0, 0.1) is 11.3 Å². The van der Waals surface area contributed by atoms with E-state index >= 15 is 0 Å². The van der Waals surface area contributed by atoms with E-state index in [0.717, 1.165) is 45.0 Å². The average molecular weight is 245 g/mol. The van der Waals surface area contributed by atoms with Crippen LogP contribution in [0.4, 0.5) is 5.69 Å². The Bertz CT molecular complexity index is 418.